The first-order valence-corrected chi connectivity index (χ1v) is 14.8. The van der Waals surface area contributed by atoms with Crippen LogP contribution in [0.4, 0.5) is 0 Å². The molecule has 1 aromatic carbocycles. The molecule has 0 fully saturated rings. The number of rotatable bonds is 15. The van der Waals surface area contributed by atoms with Gasteiger partial charge in [-0.05, 0) is 35.9 Å². The summed E-state index contributed by atoms with van der Waals surface area (Å²) < 4.78 is 23.0. The van der Waals surface area contributed by atoms with E-state index in [4.69, 9.17) is 18.6 Å². The summed E-state index contributed by atoms with van der Waals surface area (Å²) in [6, 6.07) is 8.85. The number of unbranched alkanes of at least 4 members (excludes halogenated alkanes) is 1. The van der Waals surface area contributed by atoms with E-state index in [1.807, 2.05) is 6.07 Å². The number of benzene rings is 1. The lowest BCUT2D eigenvalue weighted by molar-refractivity contribution is -0.172. The lowest BCUT2D eigenvalue weighted by Crippen LogP contribution is -2.49. The molecule has 0 aromatic heterocycles. The third-order valence-electron chi connectivity index (χ3n) is 6.34. The molecule has 0 spiro atoms. The molecule has 2 atom stereocenters. The van der Waals surface area contributed by atoms with Crippen LogP contribution in [0.1, 0.15) is 86.3 Å². The maximum atomic E-state index is 13.2. The van der Waals surface area contributed by atoms with Gasteiger partial charge in [0.25, 0.3) is 0 Å². The van der Waals surface area contributed by atoms with E-state index in [2.05, 4.69) is 41.5 Å². The van der Waals surface area contributed by atoms with E-state index in [0.29, 0.717) is 48.1 Å². The van der Waals surface area contributed by atoms with E-state index >= 15 is 0 Å². The monoisotopic (exact) mass is 508 g/mol. The molecule has 7 nitrogen and oxygen atoms in total. The summed E-state index contributed by atoms with van der Waals surface area (Å²) in [4.78, 5) is 35.9. The Morgan fingerprint density at radius 2 is 1.37 bits per heavy atom. The van der Waals surface area contributed by atoms with Crippen LogP contribution in [0.3, 0.4) is 0 Å². The van der Waals surface area contributed by atoms with E-state index in [1.165, 1.54) is 13.8 Å². The molecule has 0 heterocycles. The molecule has 0 bridgehead atoms. The molecule has 0 radical (unpaired) electrons. The Morgan fingerprint density at radius 1 is 0.800 bits per heavy atom. The number of carbonyl (C=O) groups is 3. The molecular weight excluding hydrogens is 464 g/mol. The topological polar surface area (TPSA) is 88.1 Å². The van der Waals surface area contributed by atoms with Gasteiger partial charge in [0.2, 0.25) is 14.4 Å². The SMILES string of the molecule is CC(=O)OCCCC[C@@H](CO[Si](C(C)C)(C(C)C)C(C)C)OC(=O)[C@@H](OC(C)=O)c1ccccc1. The maximum Gasteiger partial charge on any atom is 0.352 e. The Morgan fingerprint density at radius 3 is 1.86 bits per heavy atom. The minimum Gasteiger partial charge on any atom is -0.466 e. The lowest BCUT2D eigenvalue weighted by Gasteiger charge is -2.43. The largest absolute Gasteiger partial charge is 0.466 e. The summed E-state index contributed by atoms with van der Waals surface area (Å²) >= 11 is 0. The first-order valence-electron chi connectivity index (χ1n) is 12.6. The van der Waals surface area contributed by atoms with Gasteiger partial charge in [0.15, 0.2) is 0 Å². The Hall–Kier alpha value is -2.19. The van der Waals surface area contributed by atoms with Crippen LogP contribution in [-0.4, -0.2) is 45.5 Å². The van der Waals surface area contributed by atoms with E-state index in [9.17, 15) is 14.4 Å². The van der Waals surface area contributed by atoms with Gasteiger partial charge in [-0.15, -0.1) is 0 Å². The fourth-order valence-corrected chi connectivity index (χ4v) is 10.4. The van der Waals surface area contributed by atoms with Crippen molar-refractivity contribution in [2.45, 2.75) is 103 Å². The Bertz CT molecular complexity index is 770. The molecule has 0 saturated carbocycles. The molecule has 0 saturated heterocycles. The van der Waals surface area contributed by atoms with Gasteiger partial charge in [-0.3, -0.25) is 9.59 Å². The predicted octanol–water partition coefficient (Wildman–Crippen LogP) is 6.13. The second-order valence-corrected chi connectivity index (χ2v) is 15.4. The molecule has 0 amide bonds. The van der Waals surface area contributed by atoms with Crippen molar-refractivity contribution in [1.29, 1.82) is 0 Å². The first kappa shape index (κ1) is 30.8. The van der Waals surface area contributed by atoms with Crippen molar-refractivity contribution >= 4 is 26.2 Å². The van der Waals surface area contributed by atoms with Crippen LogP contribution in [0.15, 0.2) is 30.3 Å². The second-order valence-electron chi connectivity index (χ2n) is 9.92. The quantitative estimate of drug-likeness (QED) is 0.122. The molecule has 0 unspecified atom stereocenters. The molecule has 0 aliphatic carbocycles. The van der Waals surface area contributed by atoms with Gasteiger partial charge >= 0.3 is 17.9 Å². The fraction of sp³-hybridized carbons (Fsp3) is 0.667. The highest BCUT2D eigenvalue weighted by atomic mass is 28.4. The van der Waals surface area contributed by atoms with Gasteiger partial charge in [-0.1, -0.05) is 71.9 Å². The third kappa shape index (κ3) is 9.76. The van der Waals surface area contributed by atoms with Gasteiger partial charge in [-0.2, -0.15) is 0 Å². The summed E-state index contributed by atoms with van der Waals surface area (Å²) in [5, 5.41) is 0. The fourth-order valence-electron chi connectivity index (χ4n) is 4.88. The molecule has 35 heavy (non-hydrogen) atoms. The summed E-state index contributed by atoms with van der Waals surface area (Å²) in [6.45, 7) is 16.5. The third-order valence-corrected chi connectivity index (χ3v) is 12.4. The number of hydrogen-bond donors (Lipinski definition) is 0. The lowest BCUT2D eigenvalue weighted by atomic mass is 10.1. The van der Waals surface area contributed by atoms with Crippen LogP contribution in [0.2, 0.25) is 16.6 Å². The van der Waals surface area contributed by atoms with E-state index in [-0.39, 0.29) is 12.6 Å². The Balaban J connectivity index is 3.05. The number of hydrogen-bond acceptors (Lipinski definition) is 7. The van der Waals surface area contributed by atoms with Crippen LogP contribution >= 0.6 is 0 Å². The zero-order valence-corrected chi connectivity index (χ0v) is 23.7. The standard InChI is InChI=1S/C27H44O7Si/c1-19(2)35(20(3)4,21(5)6)32-18-25(16-12-13-17-31-22(7)28)34-27(30)26(33-23(8)29)24-14-10-9-11-15-24/h9-11,14-15,19-21,25-26H,12-13,16-18H2,1-8H3/t25-,26-/m0/s1. The average Bonchev–Trinajstić information content (AvgIpc) is 2.76. The molecule has 0 aliphatic heterocycles. The minimum atomic E-state index is -2.17. The average molecular weight is 509 g/mol. The molecule has 198 valence electrons. The molecular formula is C27H44O7Si. The van der Waals surface area contributed by atoms with Crippen LogP contribution in [0.5, 0.6) is 0 Å². The number of ether oxygens (including phenoxy) is 3. The maximum absolute atomic E-state index is 13.2. The first-order chi connectivity index (χ1) is 16.4. The highest BCUT2D eigenvalue weighted by Crippen LogP contribution is 2.42. The van der Waals surface area contributed by atoms with Crippen molar-refractivity contribution < 1.29 is 33.0 Å². The Kier molecular flexibility index (Phi) is 13.2. The van der Waals surface area contributed by atoms with Gasteiger partial charge < -0.3 is 18.6 Å². The van der Waals surface area contributed by atoms with Crippen LogP contribution in [0, 0.1) is 0 Å². The predicted molar refractivity (Wildman–Crippen MR) is 138 cm³/mol. The Labute approximate surface area is 212 Å². The molecule has 1 rings (SSSR count). The normalized spacial score (nSPS) is 13.6. The summed E-state index contributed by atoms with van der Waals surface area (Å²) in [7, 11) is -2.17. The van der Waals surface area contributed by atoms with Gasteiger partial charge in [0.1, 0.15) is 6.10 Å². The van der Waals surface area contributed by atoms with Crippen molar-refractivity contribution in [1.82, 2.24) is 0 Å². The van der Waals surface area contributed by atoms with E-state index in [1.54, 1.807) is 24.3 Å². The van der Waals surface area contributed by atoms with Crippen molar-refractivity contribution in [3.8, 4) is 0 Å². The molecule has 0 N–H and O–H groups in total. The zero-order valence-electron chi connectivity index (χ0n) is 22.7. The van der Waals surface area contributed by atoms with Crippen molar-refractivity contribution in [3.63, 3.8) is 0 Å². The van der Waals surface area contributed by atoms with Crippen molar-refractivity contribution in [2.24, 2.45) is 0 Å². The van der Waals surface area contributed by atoms with Crippen molar-refractivity contribution in [3.05, 3.63) is 35.9 Å². The minimum absolute atomic E-state index is 0.279. The van der Waals surface area contributed by atoms with Gasteiger partial charge in [0.05, 0.1) is 13.2 Å². The summed E-state index contributed by atoms with van der Waals surface area (Å²) in [5.74, 6) is -1.49. The highest BCUT2D eigenvalue weighted by molar-refractivity contribution is 6.77. The highest BCUT2D eigenvalue weighted by Gasteiger charge is 2.45. The summed E-state index contributed by atoms with van der Waals surface area (Å²) in [6.07, 6.45) is 0.246. The smallest absolute Gasteiger partial charge is 0.352 e. The molecule has 1 aromatic rings. The molecule has 0 aliphatic rings. The van der Waals surface area contributed by atoms with E-state index in [0.717, 1.165) is 0 Å². The van der Waals surface area contributed by atoms with Gasteiger partial charge in [0, 0.05) is 19.4 Å². The van der Waals surface area contributed by atoms with Crippen molar-refractivity contribution in [2.75, 3.05) is 13.2 Å². The second kappa shape index (κ2) is 15.0. The van der Waals surface area contributed by atoms with Crippen LogP contribution in [0.25, 0.3) is 0 Å². The number of carbonyl (C=O) groups excluding carboxylic acids is 3. The van der Waals surface area contributed by atoms with Gasteiger partial charge in [-0.25, -0.2) is 4.79 Å². The van der Waals surface area contributed by atoms with Crippen LogP contribution < -0.4 is 0 Å². The number of esters is 3. The summed E-state index contributed by atoms with van der Waals surface area (Å²) in [5.41, 5.74) is 1.72. The van der Waals surface area contributed by atoms with Crippen LogP contribution in [-0.2, 0) is 33.0 Å². The van der Waals surface area contributed by atoms with E-state index < -0.39 is 32.5 Å². The zero-order chi connectivity index (χ0) is 26.6. The molecule has 8 heteroatoms.